The molecule has 0 aliphatic rings. The van der Waals surface area contributed by atoms with Crippen molar-refractivity contribution in [3.63, 3.8) is 0 Å². The number of phenols is 1. The van der Waals surface area contributed by atoms with Crippen molar-refractivity contribution in [3.05, 3.63) is 49.3 Å². The van der Waals surface area contributed by atoms with Crippen molar-refractivity contribution in [1.29, 1.82) is 0 Å². The maximum absolute atomic E-state index is 12.0. The first kappa shape index (κ1) is 18.7. The van der Waals surface area contributed by atoms with Gasteiger partial charge in [0.2, 0.25) is 0 Å². The lowest BCUT2D eigenvalue weighted by atomic mass is 9.93. The van der Waals surface area contributed by atoms with E-state index in [1.165, 1.54) is 0 Å². The minimum absolute atomic E-state index is 0.164. The molecule has 0 fully saturated rings. The van der Waals surface area contributed by atoms with Gasteiger partial charge in [-0.1, -0.05) is 0 Å². The number of nitrogens with two attached hydrogens (primary N) is 1. The number of halogens is 1. The van der Waals surface area contributed by atoms with E-state index in [1.807, 2.05) is 4.98 Å². The van der Waals surface area contributed by atoms with Crippen molar-refractivity contribution >= 4 is 35.0 Å². The van der Waals surface area contributed by atoms with Gasteiger partial charge in [0.05, 0.1) is 10.8 Å². The molecule has 0 saturated carbocycles. The third-order valence-electron chi connectivity index (χ3n) is 3.47. The molecular formula is C14H10ClN3O8. The number of nitrogen functional groups attached to an aromatic ring is 1. The number of nitrogens with zero attached hydrogens (tertiary/aromatic N) is 1. The molecule has 0 saturated heterocycles. The number of carboxylic acid groups (broad SMARTS) is 2. The van der Waals surface area contributed by atoms with Gasteiger partial charge in [-0.2, -0.15) is 0 Å². The van der Waals surface area contributed by atoms with Crippen molar-refractivity contribution < 1.29 is 29.8 Å². The van der Waals surface area contributed by atoms with E-state index < -0.39 is 67.8 Å². The fourth-order valence-electron chi connectivity index (χ4n) is 2.39. The molecule has 0 aliphatic heterocycles. The molecule has 0 spiro atoms. The molecule has 26 heavy (non-hydrogen) atoms. The van der Waals surface area contributed by atoms with Gasteiger partial charge in [-0.15, -0.1) is 11.6 Å². The number of non-ortho nitro benzene ring substituents is 1. The molecule has 1 aromatic heterocycles. The maximum atomic E-state index is 12.0. The summed E-state index contributed by atoms with van der Waals surface area (Å²) in [6, 6.07) is 1.67. The third kappa shape index (κ3) is 3.02. The number of aromatic amines is 1. The van der Waals surface area contributed by atoms with Crippen LogP contribution in [0, 0.1) is 10.1 Å². The molecule has 2 aromatic rings. The second-order valence-electron chi connectivity index (χ2n) is 4.99. The Labute approximate surface area is 148 Å². The molecule has 0 atom stereocenters. The molecular weight excluding hydrogens is 374 g/mol. The summed E-state index contributed by atoms with van der Waals surface area (Å²) >= 11 is 5.63. The molecule has 2 rings (SSSR count). The Morgan fingerprint density at radius 2 is 1.81 bits per heavy atom. The van der Waals surface area contributed by atoms with E-state index in [0.29, 0.717) is 0 Å². The normalized spacial score (nSPS) is 10.5. The molecule has 0 unspecified atom stereocenters. The van der Waals surface area contributed by atoms with Crippen LogP contribution in [0.3, 0.4) is 0 Å². The molecule has 1 aromatic carbocycles. The number of anilines is 1. The minimum Gasteiger partial charge on any atom is -0.507 e. The molecule has 0 amide bonds. The second-order valence-corrected chi connectivity index (χ2v) is 5.26. The first-order valence-electron chi connectivity index (χ1n) is 6.69. The van der Waals surface area contributed by atoms with E-state index >= 15 is 0 Å². The number of carboxylic acids is 2. The predicted molar refractivity (Wildman–Crippen MR) is 88.7 cm³/mol. The zero-order valence-corrected chi connectivity index (χ0v) is 13.4. The average Bonchev–Trinajstić information content (AvgIpc) is 2.53. The number of benzene rings is 1. The summed E-state index contributed by atoms with van der Waals surface area (Å²) in [5.41, 5.74) is 0.258. The van der Waals surface area contributed by atoms with Gasteiger partial charge in [0.15, 0.2) is 0 Å². The number of aromatic nitrogens is 1. The lowest BCUT2D eigenvalue weighted by Crippen LogP contribution is -2.24. The number of phenolic OH excluding ortho intramolecular Hbond substituents is 1. The van der Waals surface area contributed by atoms with Crippen LogP contribution in [-0.4, -0.2) is 37.2 Å². The molecule has 6 N–H and O–H groups in total. The summed E-state index contributed by atoms with van der Waals surface area (Å²) in [6.07, 6.45) is 0. The Morgan fingerprint density at radius 1 is 1.23 bits per heavy atom. The molecule has 0 aliphatic carbocycles. The van der Waals surface area contributed by atoms with E-state index in [4.69, 9.17) is 17.3 Å². The zero-order chi connectivity index (χ0) is 19.8. The number of nitro groups is 1. The molecule has 12 heteroatoms. The lowest BCUT2D eigenvalue weighted by Gasteiger charge is -2.14. The van der Waals surface area contributed by atoms with Crippen molar-refractivity contribution in [2.75, 3.05) is 5.73 Å². The Morgan fingerprint density at radius 3 is 2.27 bits per heavy atom. The van der Waals surface area contributed by atoms with Gasteiger partial charge >= 0.3 is 11.9 Å². The number of pyridine rings is 1. The summed E-state index contributed by atoms with van der Waals surface area (Å²) in [6.45, 7) is 0. The maximum Gasteiger partial charge on any atom is 0.342 e. The number of rotatable bonds is 5. The largest absolute Gasteiger partial charge is 0.507 e. The SMILES string of the molecule is Nc1[nH]c(=O)c(C(=O)O)c(-c2cc([N+](=O)[O-])cc(CCl)c2O)c1C(=O)O. The summed E-state index contributed by atoms with van der Waals surface area (Å²) in [5, 5.41) is 40.1. The van der Waals surface area contributed by atoms with E-state index in [0.717, 1.165) is 12.1 Å². The summed E-state index contributed by atoms with van der Waals surface area (Å²) in [7, 11) is 0. The van der Waals surface area contributed by atoms with Crippen LogP contribution in [0.25, 0.3) is 11.1 Å². The Bertz CT molecular complexity index is 1010. The van der Waals surface area contributed by atoms with E-state index in [2.05, 4.69) is 0 Å². The first-order chi connectivity index (χ1) is 12.1. The first-order valence-corrected chi connectivity index (χ1v) is 7.22. The van der Waals surface area contributed by atoms with E-state index in [-0.39, 0.29) is 5.56 Å². The molecule has 11 nitrogen and oxygen atoms in total. The fourth-order valence-corrected chi connectivity index (χ4v) is 2.60. The Hall–Kier alpha value is -3.60. The number of H-pyrrole nitrogens is 1. The number of hydrogen-bond donors (Lipinski definition) is 5. The minimum atomic E-state index is -1.82. The van der Waals surface area contributed by atoms with Crippen LogP contribution in [0.15, 0.2) is 16.9 Å². The average molecular weight is 384 g/mol. The van der Waals surface area contributed by atoms with Gasteiger partial charge < -0.3 is 26.0 Å². The third-order valence-corrected chi connectivity index (χ3v) is 3.76. The van der Waals surface area contributed by atoms with E-state index in [1.54, 1.807) is 0 Å². The number of nitrogens with one attached hydrogen (secondary N) is 1. The van der Waals surface area contributed by atoms with Gasteiger partial charge in [-0.25, -0.2) is 9.59 Å². The zero-order valence-electron chi connectivity index (χ0n) is 12.6. The van der Waals surface area contributed by atoms with Crippen LogP contribution in [0.5, 0.6) is 5.75 Å². The van der Waals surface area contributed by atoms with Gasteiger partial charge in [0, 0.05) is 28.8 Å². The number of aromatic carboxylic acids is 2. The summed E-state index contributed by atoms with van der Waals surface area (Å²) in [5.74, 6) is -5.32. The van der Waals surface area contributed by atoms with Crippen LogP contribution in [0.4, 0.5) is 11.5 Å². The molecule has 136 valence electrons. The highest BCUT2D eigenvalue weighted by Crippen LogP contribution is 2.40. The van der Waals surface area contributed by atoms with Crippen molar-refractivity contribution in [1.82, 2.24) is 4.98 Å². The highest BCUT2D eigenvalue weighted by molar-refractivity contribution is 6.17. The number of aromatic hydroxyl groups is 1. The van der Waals surface area contributed by atoms with Crippen LogP contribution in [0.1, 0.15) is 26.3 Å². The predicted octanol–water partition coefficient (Wildman–Crippen LogP) is 1.37. The second kappa shape index (κ2) is 6.72. The molecule has 0 radical (unpaired) electrons. The van der Waals surface area contributed by atoms with Crippen LogP contribution >= 0.6 is 11.6 Å². The lowest BCUT2D eigenvalue weighted by molar-refractivity contribution is -0.384. The van der Waals surface area contributed by atoms with Gasteiger partial charge in [0.25, 0.3) is 11.2 Å². The van der Waals surface area contributed by atoms with Crippen molar-refractivity contribution in [3.8, 4) is 16.9 Å². The standard InChI is InChI=1S/C14H10ClN3O8/c15-3-4-1-5(18(25)26)2-6(10(4)19)7-8(13(21)22)11(16)17-12(20)9(7)14(23)24/h1-2,19H,3H2,(H,21,22)(H,23,24)(H3,16,17,20). The van der Waals surface area contributed by atoms with Crippen LogP contribution in [0.2, 0.25) is 0 Å². The summed E-state index contributed by atoms with van der Waals surface area (Å²) in [4.78, 5) is 47.2. The monoisotopic (exact) mass is 383 g/mol. The highest BCUT2D eigenvalue weighted by Gasteiger charge is 2.30. The Balaban J connectivity index is 3.12. The number of alkyl halides is 1. The molecule has 0 bridgehead atoms. The van der Waals surface area contributed by atoms with Crippen molar-refractivity contribution in [2.45, 2.75) is 5.88 Å². The van der Waals surface area contributed by atoms with Crippen LogP contribution in [-0.2, 0) is 5.88 Å². The molecule has 1 heterocycles. The number of carbonyl (C=O) groups is 2. The van der Waals surface area contributed by atoms with Crippen LogP contribution < -0.4 is 11.3 Å². The summed E-state index contributed by atoms with van der Waals surface area (Å²) < 4.78 is 0. The van der Waals surface area contributed by atoms with Gasteiger partial charge in [-0.3, -0.25) is 14.9 Å². The van der Waals surface area contributed by atoms with E-state index in [9.17, 15) is 39.8 Å². The van der Waals surface area contributed by atoms with Gasteiger partial charge in [-0.05, 0) is 0 Å². The number of hydrogen-bond acceptors (Lipinski definition) is 7. The van der Waals surface area contributed by atoms with Gasteiger partial charge in [0.1, 0.15) is 22.7 Å². The quantitative estimate of drug-likeness (QED) is 0.287. The smallest absolute Gasteiger partial charge is 0.342 e. The van der Waals surface area contributed by atoms with Crippen molar-refractivity contribution in [2.24, 2.45) is 0 Å². The Kier molecular flexibility index (Phi) is 4.84. The fraction of sp³-hybridized carbons (Fsp3) is 0.0714. The highest BCUT2D eigenvalue weighted by atomic mass is 35.5. The topological polar surface area (TPSA) is 197 Å². The number of nitro benzene ring substituents is 1.